The van der Waals surface area contributed by atoms with E-state index >= 15 is 0 Å². The summed E-state index contributed by atoms with van der Waals surface area (Å²) in [6.45, 7) is 1.97. The Labute approximate surface area is 180 Å². The molecule has 4 aliphatic carbocycles. The lowest BCUT2D eigenvalue weighted by Crippen LogP contribution is -2.57. The zero-order chi connectivity index (χ0) is 20.2. The van der Waals surface area contributed by atoms with Gasteiger partial charge in [0.25, 0.3) is 0 Å². The molecular weight excluding hydrogens is 430 g/mol. The van der Waals surface area contributed by atoms with Crippen molar-refractivity contribution in [2.45, 2.75) is 62.1 Å². The van der Waals surface area contributed by atoms with Crippen LogP contribution < -0.4 is 16.0 Å². The average Bonchev–Trinajstić information content (AvgIpc) is 2.66. The Hall–Kier alpha value is -1.56. The van der Waals surface area contributed by atoms with E-state index in [0.717, 1.165) is 56.6 Å². The molecule has 0 spiro atoms. The van der Waals surface area contributed by atoms with Crippen LogP contribution in [0.15, 0.2) is 18.2 Å². The van der Waals surface area contributed by atoms with Crippen LogP contribution in [0.25, 0.3) is 0 Å². The molecule has 4 bridgehead atoms. The fourth-order valence-electron chi connectivity index (χ4n) is 6.87. The zero-order valence-corrected chi connectivity index (χ0v) is 18.5. The molecule has 5 nitrogen and oxygen atoms in total. The van der Waals surface area contributed by atoms with Gasteiger partial charge >= 0.3 is 0 Å². The molecule has 5 fully saturated rings. The van der Waals surface area contributed by atoms with Crippen molar-refractivity contribution in [2.24, 2.45) is 23.0 Å². The third kappa shape index (κ3) is 3.47. The Morgan fingerprint density at radius 3 is 2.38 bits per heavy atom. The molecule has 2 unspecified atom stereocenters. The molecule has 1 aliphatic heterocycles. The van der Waals surface area contributed by atoms with Gasteiger partial charge in [0, 0.05) is 23.0 Å². The maximum atomic E-state index is 13.7. The molecule has 5 aliphatic rings. The first-order chi connectivity index (χ1) is 13.9. The van der Waals surface area contributed by atoms with Gasteiger partial charge in [-0.3, -0.25) is 9.59 Å². The third-order valence-electron chi connectivity index (χ3n) is 7.70. The van der Waals surface area contributed by atoms with Crippen LogP contribution in [-0.4, -0.2) is 29.2 Å². The minimum Gasteiger partial charge on any atom is -0.370 e. The largest absolute Gasteiger partial charge is 0.370 e. The van der Waals surface area contributed by atoms with Gasteiger partial charge in [-0.2, -0.15) is 0 Å². The van der Waals surface area contributed by atoms with E-state index in [0.29, 0.717) is 17.4 Å². The van der Waals surface area contributed by atoms with Gasteiger partial charge in [-0.1, -0.05) is 15.9 Å². The number of carbonyl (C=O) groups excluding carboxylic acids is 2. The van der Waals surface area contributed by atoms with Gasteiger partial charge in [0.05, 0.1) is 16.8 Å². The van der Waals surface area contributed by atoms with Crippen molar-refractivity contribution in [2.75, 3.05) is 23.3 Å². The van der Waals surface area contributed by atoms with Crippen LogP contribution >= 0.6 is 15.9 Å². The molecule has 3 N–H and O–H groups in total. The number of nitrogens with zero attached hydrogens (tertiary/aromatic N) is 1. The normalized spacial score (nSPS) is 35.6. The van der Waals surface area contributed by atoms with Gasteiger partial charge in [-0.15, -0.1) is 0 Å². The number of halogens is 1. The predicted molar refractivity (Wildman–Crippen MR) is 118 cm³/mol. The number of hydrogen-bond donors (Lipinski definition) is 2. The van der Waals surface area contributed by atoms with Gasteiger partial charge in [0.2, 0.25) is 11.8 Å². The summed E-state index contributed by atoms with van der Waals surface area (Å²) in [4.78, 5) is 27.8. The van der Waals surface area contributed by atoms with Crippen molar-refractivity contribution in [3.63, 3.8) is 0 Å². The second kappa shape index (κ2) is 7.00. The quantitative estimate of drug-likeness (QED) is 0.652. The minimum absolute atomic E-state index is 0.135. The molecule has 1 aromatic carbocycles. The van der Waals surface area contributed by atoms with Crippen molar-refractivity contribution in [3.05, 3.63) is 23.8 Å². The van der Waals surface area contributed by atoms with E-state index in [9.17, 15) is 9.59 Å². The Kier molecular flexibility index (Phi) is 4.68. The van der Waals surface area contributed by atoms with Crippen molar-refractivity contribution >= 4 is 39.1 Å². The number of piperidine rings is 1. The standard InChI is InChI=1S/C23H30BrN3O2/c24-23-12-15-8-16(13-23)11-22(10-15,14-23)21(29)26-18-9-17(20(25)28)4-5-19(18)27-6-2-1-3-7-27/h4-5,9,15-16H,1-3,6-8,10-14H2,(H2,25,28)(H,26,29). The van der Waals surface area contributed by atoms with E-state index in [1.807, 2.05) is 6.07 Å². The fourth-order valence-corrected chi connectivity index (χ4v) is 8.32. The molecule has 1 heterocycles. The van der Waals surface area contributed by atoms with Crippen molar-refractivity contribution in [1.82, 2.24) is 0 Å². The van der Waals surface area contributed by atoms with Gasteiger partial charge in [-0.05, 0) is 87.8 Å². The number of amides is 2. The Morgan fingerprint density at radius 1 is 1.07 bits per heavy atom. The lowest BCUT2D eigenvalue weighted by Gasteiger charge is -2.59. The summed E-state index contributed by atoms with van der Waals surface area (Å²) < 4.78 is 0.138. The summed E-state index contributed by atoms with van der Waals surface area (Å²) in [5.41, 5.74) is 7.46. The highest BCUT2D eigenvalue weighted by molar-refractivity contribution is 9.10. The van der Waals surface area contributed by atoms with E-state index in [1.54, 1.807) is 12.1 Å². The number of benzene rings is 1. The Balaban J connectivity index is 1.45. The van der Waals surface area contributed by atoms with Gasteiger partial charge in [0.1, 0.15) is 0 Å². The van der Waals surface area contributed by atoms with Crippen LogP contribution in [-0.2, 0) is 4.79 Å². The number of nitrogens with two attached hydrogens (primary N) is 1. The summed E-state index contributed by atoms with van der Waals surface area (Å²) in [6, 6.07) is 5.50. The Bertz CT molecular complexity index is 835. The van der Waals surface area contributed by atoms with Crippen LogP contribution in [0.5, 0.6) is 0 Å². The monoisotopic (exact) mass is 459 g/mol. The van der Waals surface area contributed by atoms with E-state index < -0.39 is 5.91 Å². The average molecular weight is 460 g/mol. The fraction of sp³-hybridized carbons (Fsp3) is 0.652. The lowest BCUT2D eigenvalue weighted by molar-refractivity contribution is -0.138. The van der Waals surface area contributed by atoms with Crippen LogP contribution in [0.2, 0.25) is 0 Å². The highest BCUT2D eigenvalue weighted by Crippen LogP contribution is 2.64. The highest BCUT2D eigenvalue weighted by atomic mass is 79.9. The molecule has 1 aromatic rings. The van der Waals surface area contributed by atoms with E-state index in [2.05, 4.69) is 26.1 Å². The molecule has 2 amide bonds. The van der Waals surface area contributed by atoms with Crippen LogP contribution in [0.4, 0.5) is 11.4 Å². The first kappa shape index (κ1) is 19.4. The SMILES string of the molecule is NC(=O)c1ccc(N2CCCCC2)c(NC(=O)C23CC4CC(CC(Br)(C4)C2)C3)c1. The molecule has 1 saturated heterocycles. The number of alkyl halides is 1. The summed E-state index contributed by atoms with van der Waals surface area (Å²) >= 11 is 4.00. The van der Waals surface area contributed by atoms with Crippen molar-refractivity contribution in [3.8, 4) is 0 Å². The third-order valence-corrected chi connectivity index (χ3v) is 8.63. The zero-order valence-electron chi connectivity index (χ0n) is 16.9. The molecule has 6 heteroatoms. The van der Waals surface area contributed by atoms with Crippen molar-refractivity contribution < 1.29 is 9.59 Å². The molecule has 0 aromatic heterocycles. The maximum Gasteiger partial charge on any atom is 0.248 e. The van der Waals surface area contributed by atoms with Crippen molar-refractivity contribution in [1.29, 1.82) is 0 Å². The highest BCUT2D eigenvalue weighted by Gasteiger charge is 2.59. The number of nitrogens with one attached hydrogen (secondary N) is 1. The van der Waals surface area contributed by atoms with Gasteiger partial charge in [-0.25, -0.2) is 0 Å². The van der Waals surface area contributed by atoms with Gasteiger partial charge in [0.15, 0.2) is 0 Å². The lowest BCUT2D eigenvalue weighted by atomic mass is 9.49. The van der Waals surface area contributed by atoms with Crippen LogP contribution in [0.1, 0.15) is 68.1 Å². The van der Waals surface area contributed by atoms with Crippen LogP contribution in [0, 0.1) is 17.3 Å². The number of primary amides is 1. The molecule has 2 atom stereocenters. The summed E-state index contributed by atoms with van der Waals surface area (Å²) in [6.07, 6.45) is 10.2. The second-order valence-corrected chi connectivity index (χ2v) is 11.7. The summed E-state index contributed by atoms with van der Waals surface area (Å²) in [5, 5.41) is 3.27. The molecule has 29 heavy (non-hydrogen) atoms. The second-order valence-electron chi connectivity index (χ2n) is 9.99. The first-order valence-electron chi connectivity index (χ1n) is 11.1. The summed E-state index contributed by atoms with van der Waals surface area (Å²) in [5.74, 6) is 0.981. The van der Waals surface area contributed by atoms with E-state index in [-0.39, 0.29) is 15.6 Å². The van der Waals surface area contributed by atoms with E-state index in [1.165, 1.54) is 25.7 Å². The summed E-state index contributed by atoms with van der Waals surface area (Å²) in [7, 11) is 0. The number of rotatable bonds is 4. The maximum absolute atomic E-state index is 13.7. The van der Waals surface area contributed by atoms with Crippen LogP contribution in [0.3, 0.4) is 0 Å². The molecule has 0 radical (unpaired) electrons. The number of hydrogen-bond acceptors (Lipinski definition) is 3. The first-order valence-corrected chi connectivity index (χ1v) is 11.8. The topological polar surface area (TPSA) is 75.4 Å². The Morgan fingerprint density at radius 2 is 1.76 bits per heavy atom. The smallest absolute Gasteiger partial charge is 0.248 e. The molecular formula is C23H30BrN3O2. The van der Waals surface area contributed by atoms with Gasteiger partial charge < -0.3 is 16.0 Å². The predicted octanol–water partition coefficient (Wildman–Crippen LogP) is 4.45. The van der Waals surface area contributed by atoms with E-state index in [4.69, 9.17) is 5.73 Å². The molecule has 6 rings (SSSR count). The molecule has 4 saturated carbocycles. The number of carbonyl (C=O) groups is 2. The molecule has 156 valence electrons. The number of anilines is 2. The minimum atomic E-state index is -0.458.